The van der Waals surface area contributed by atoms with E-state index in [4.69, 9.17) is 14.2 Å². The van der Waals surface area contributed by atoms with Gasteiger partial charge in [0.25, 0.3) is 0 Å². The average molecular weight is 400 g/mol. The van der Waals surface area contributed by atoms with Gasteiger partial charge in [0.15, 0.2) is 6.73 Å². The van der Waals surface area contributed by atoms with Crippen molar-refractivity contribution in [1.82, 2.24) is 9.78 Å². The minimum absolute atomic E-state index is 0.0224. The maximum Gasteiger partial charge on any atom is 0.452 e. The summed E-state index contributed by atoms with van der Waals surface area (Å²) in [5.74, 6) is -1.26. The van der Waals surface area contributed by atoms with Gasteiger partial charge in [0.2, 0.25) is 5.76 Å². The van der Waals surface area contributed by atoms with Crippen LogP contribution in [0.2, 0.25) is 0 Å². The molecule has 2 rings (SSSR count). The van der Waals surface area contributed by atoms with Crippen molar-refractivity contribution >= 4 is 5.97 Å². The van der Waals surface area contributed by atoms with Crippen molar-refractivity contribution in [2.45, 2.75) is 26.8 Å². The highest BCUT2D eigenvalue weighted by atomic mass is 19.4. The third kappa shape index (κ3) is 6.22. The molecule has 1 aromatic heterocycles. The summed E-state index contributed by atoms with van der Waals surface area (Å²) in [6, 6.07) is 6.03. The van der Waals surface area contributed by atoms with Crippen LogP contribution in [0.15, 0.2) is 48.7 Å². The van der Waals surface area contributed by atoms with Gasteiger partial charge in [-0.2, -0.15) is 18.3 Å². The topological polar surface area (TPSA) is 71.8 Å². The van der Waals surface area contributed by atoms with Crippen LogP contribution in [-0.4, -0.2) is 35.1 Å². The predicted molar refractivity (Wildman–Crippen MR) is 91.6 cm³/mol. The number of carbonyl (C=O) groups excluding carboxylic acids is 1. The van der Waals surface area contributed by atoms with Crippen molar-refractivity contribution in [1.29, 1.82) is 0 Å². The van der Waals surface area contributed by atoms with E-state index in [2.05, 4.69) is 9.84 Å². The number of benzene rings is 1. The Kier molecular flexibility index (Phi) is 7.30. The summed E-state index contributed by atoms with van der Waals surface area (Å²) in [6.07, 6.45) is -1.35. The molecule has 0 aliphatic carbocycles. The second-order valence-corrected chi connectivity index (χ2v) is 5.27. The Labute approximate surface area is 159 Å². The molecule has 0 radical (unpaired) electrons. The van der Waals surface area contributed by atoms with Gasteiger partial charge in [-0.3, -0.25) is 0 Å². The summed E-state index contributed by atoms with van der Waals surface area (Å²) in [7, 11) is 0. The van der Waals surface area contributed by atoms with Crippen molar-refractivity contribution in [2.75, 3.05) is 13.2 Å². The number of alkyl halides is 3. The van der Waals surface area contributed by atoms with Crippen LogP contribution in [0.1, 0.15) is 24.2 Å². The van der Waals surface area contributed by atoms with Crippen molar-refractivity contribution in [3.63, 3.8) is 0 Å². The van der Waals surface area contributed by atoms with E-state index >= 15 is 0 Å². The summed E-state index contributed by atoms with van der Waals surface area (Å²) in [4.78, 5) is 11.6. The number of halogens is 3. The number of nitrogens with zero attached hydrogens (tertiary/aromatic N) is 2. The van der Waals surface area contributed by atoms with E-state index in [0.717, 1.165) is 0 Å². The fourth-order valence-electron chi connectivity index (χ4n) is 1.99. The molecule has 0 unspecified atom stereocenters. The third-order valence-electron chi connectivity index (χ3n) is 3.19. The highest BCUT2D eigenvalue weighted by Gasteiger charge is 2.36. The lowest BCUT2D eigenvalue weighted by Crippen LogP contribution is -2.15. The highest BCUT2D eigenvalue weighted by Crippen LogP contribution is 2.27. The molecule has 7 nitrogen and oxygen atoms in total. The summed E-state index contributed by atoms with van der Waals surface area (Å²) >= 11 is 0. The number of esters is 1. The second-order valence-electron chi connectivity index (χ2n) is 5.27. The minimum Gasteiger partial charge on any atom is -0.487 e. The zero-order valence-electron chi connectivity index (χ0n) is 15.2. The largest absolute Gasteiger partial charge is 0.487 e. The van der Waals surface area contributed by atoms with E-state index < -0.39 is 17.9 Å². The van der Waals surface area contributed by atoms with Crippen LogP contribution in [0, 0.1) is 0 Å². The standard InChI is InChI=1S/C18H19F3N2O5/c1-3-25-16(18(19,20)21)11-27-14-6-5-7-15(8-14)28-12-23-10-13(9-22-23)17(24)26-4-2/h5-11H,3-4,12H2,1-2H3/b16-11-. The Morgan fingerprint density at radius 3 is 2.57 bits per heavy atom. The monoisotopic (exact) mass is 400 g/mol. The molecular formula is C18H19F3N2O5. The predicted octanol–water partition coefficient (Wildman–Crippen LogP) is 3.92. The van der Waals surface area contributed by atoms with Gasteiger partial charge < -0.3 is 18.9 Å². The quantitative estimate of drug-likeness (QED) is 0.469. The maximum absolute atomic E-state index is 12.8. The molecule has 0 fully saturated rings. The Morgan fingerprint density at radius 2 is 1.89 bits per heavy atom. The number of allylic oxidation sites excluding steroid dienone is 1. The highest BCUT2D eigenvalue weighted by molar-refractivity contribution is 5.88. The van der Waals surface area contributed by atoms with Gasteiger partial charge in [-0.1, -0.05) is 6.07 Å². The first-order valence-corrected chi connectivity index (χ1v) is 8.32. The van der Waals surface area contributed by atoms with Gasteiger partial charge in [-0.15, -0.1) is 0 Å². The molecule has 0 amide bonds. The number of rotatable bonds is 9. The second kappa shape index (κ2) is 9.67. The van der Waals surface area contributed by atoms with Gasteiger partial charge in [0, 0.05) is 12.3 Å². The van der Waals surface area contributed by atoms with E-state index in [1.807, 2.05) is 0 Å². The molecule has 10 heteroatoms. The van der Waals surface area contributed by atoms with Crippen LogP contribution < -0.4 is 9.47 Å². The number of hydrogen-bond donors (Lipinski definition) is 0. The van der Waals surface area contributed by atoms with Crippen molar-refractivity contribution in [2.24, 2.45) is 0 Å². The maximum atomic E-state index is 12.8. The van der Waals surface area contributed by atoms with E-state index in [1.165, 1.54) is 36.1 Å². The van der Waals surface area contributed by atoms with Crippen molar-refractivity contribution < 1.29 is 36.9 Å². The zero-order valence-corrected chi connectivity index (χ0v) is 15.2. The number of carbonyl (C=O) groups is 1. The fraction of sp³-hybridized carbons (Fsp3) is 0.333. The molecule has 152 valence electrons. The first-order chi connectivity index (χ1) is 13.3. The molecule has 0 atom stereocenters. The van der Waals surface area contributed by atoms with Crippen molar-refractivity contribution in [3.05, 3.63) is 54.2 Å². The van der Waals surface area contributed by atoms with Gasteiger partial charge in [-0.25, -0.2) is 9.48 Å². The Balaban J connectivity index is 1.99. The average Bonchev–Trinajstić information content (AvgIpc) is 3.12. The van der Waals surface area contributed by atoms with E-state index in [1.54, 1.807) is 19.1 Å². The molecule has 2 aromatic rings. The molecule has 0 saturated carbocycles. The number of hydrogen-bond acceptors (Lipinski definition) is 6. The summed E-state index contributed by atoms with van der Waals surface area (Å²) in [5, 5.41) is 3.97. The molecular weight excluding hydrogens is 381 g/mol. The number of aromatic nitrogens is 2. The normalized spacial score (nSPS) is 11.8. The summed E-state index contributed by atoms with van der Waals surface area (Å²) in [6.45, 7) is 3.22. The van der Waals surface area contributed by atoms with Gasteiger partial charge in [-0.05, 0) is 26.0 Å². The van der Waals surface area contributed by atoms with Crippen LogP contribution in [0.3, 0.4) is 0 Å². The van der Waals surface area contributed by atoms with E-state index in [9.17, 15) is 18.0 Å². The fourth-order valence-corrected chi connectivity index (χ4v) is 1.99. The lowest BCUT2D eigenvalue weighted by atomic mass is 10.3. The zero-order chi connectivity index (χ0) is 20.6. The Bertz CT molecular complexity index is 818. The lowest BCUT2D eigenvalue weighted by molar-refractivity contribution is -0.132. The smallest absolute Gasteiger partial charge is 0.452 e. The molecule has 0 bridgehead atoms. The van der Waals surface area contributed by atoms with Gasteiger partial charge in [0.1, 0.15) is 17.8 Å². The van der Waals surface area contributed by atoms with E-state index in [0.29, 0.717) is 12.0 Å². The van der Waals surface area contributed by atoms with Crippen LogP contribution in [0.5, 0.6) is 11.5 Å². The molecule has 0 N–H and O–H groups in total. The van der Waals surface area contributed by atoms with Crippen LogP contribution >= 0.6 is 0 Å². The van der Waals surface area contributed by atoms with E-state index in [-0.39, 0.29) is 31.3 Å². The van der Waals surface area contributed by atoms with Crippen LogP contribution in [0.4, 0.5) is 13.2 Å². The lowest BCUT2D eigenvalue weighted by Gasteiger charge is -2.12. The molecule has 28 heavy (non-hydrogen) atoms. The molecule has 0 spiro atoms. The minimum atomic E-state index is -4.65. The molecule has 1 heterocycles. The Morgan fingerprint density at radius 1 is 1.18 bits per heavy atom. The SMILES string of the molecule is CCOC(=O)c1cnn(COc2cccc(O/C=C(\OCC)C(F)(F)F)c2)c1. The number of ether oxygens (including phenoxy) is 4. The molecule has 0 saturated heterocycles. The van der Waals surface area contributed by atoms with Crippen LogP contribution in [0.25, 0.3) is 0 Å². The molecule has 0 aliphatic rings. The summed E-state index contributed by atoms with van der Waals surface area (Å²) < 4.78 is 59.6. The van der Waals surface area contributed by atoms with Gasteiger partial charge >= 0.3 is 12.1 Å². The van der Waals surface area contributed by atoms with Gasteiger partial charge in [0.05, 0.1) is 25.0 Å². The molecule has 0 aliphatic heterocycles. The molecule has 1 aromatic carbocycles. The summed E-state index contributed by atoms with van der Waals surface area (Å²) in [5.41, 5.74) is 0.281. The first kappa shape index (κ1) is 21.1. The third-order valence-corrected chi connectivity index (χ3v) is 3.19. The van der Waals surface area contributed by atoms with Crippen molar-refractivity contribution in [3.8, 4) is 11.5 Å². The van der Waals surface area contributed by atoms with Crippen LogP contribution in [-0.2, 0) is 16.2 Å². The first-order valence-electron chi connectivity index (χ1n) is 8.32. The Hall–Kier alpha value is -3.17.